The number of nitro groups is 1. The first-order valence-corrected chi connectivity index (χ1v) is 7.58. The quantitative estimate of drug-likeness (QED) is 0.418. The molecule has 0 aromatic carbocycles. The molecular formula is C16H16N6O3. The molecule has 0 spiro atoms. The molecule has 128 valence electrons. The highest BCUT2D eigenvalue weighted by Crippen LogP contribution is 2.27. The first-order valence-electron chi connectivity index (χ1n) is 7.58. The van der Waals surface area contributed by atoms with Crippen molar-refractivity contribution in [1.29, 1.82) is 0 Å². The van der Waals surface area contributed by atoms with Crippen molar-refractivity contribution in [3.05, 3.63) is 58.4 Å². The third-order valence-electron chi connectivity index (χ3n) is 3.34. The molecule has 0 radical (unpaired) electrons. The second-order valence-electron chi connectivity index (χ2n) is 5.49. The van der Waals surface area contributed by atoms with Crippen LogP contribution in [0.15, 0.2) is 52.2 Å². The minimum atomic E-state index is -0.584. The Hall–Kier alpha value is -3.49. The van der Waals surface area contributed by atoms with Crippen molar-refractivity contribution in [2.24, 2.45) is 5.10 Å². The Morgan fingerprint density at radius 3 is 2.84 bits per heavy atom. The minimum Gasteiger partial charge on any atom is -0.399 e. The molecule has 0 saturated carbocycles. The molecule has 0 saturated heterocycles. The Morgan fingerprint density at radius 1 is 1.36 bits per heavy atom. The van der Waals surface area contributed by atoms with E-state index in [1.165, 1.54) is 12.1 Å². The molecule has 1 N–H and O–H groups in total. The highest BCUT2D eigenvalue weighted by atomic mass is 16.6. The number of aromatic nitrogens is 3. The minimum absolute atomic E-state index is 0.120. The van der Waals surface area contributed by atoms with Gasteiger partial charge in [0.15, 0.2) is 5.76 Å². The van der Waals surface area contributed by atoms with Gasteiger partial charge in [-0.1, -0.05) is 6.07 Å². The van der Waals surface area contributed by atoms with Crippen LogP contribution in [0, 0.1) is 10.1 Å². The van der Waals surface area contributed by atoms with Gasteiger partial charge < -0.3 is 4.42 Å². The zero-order valence-corrected chi connectivity index (χ0v) is 13.7. The molecule has 3 rings (SSSR count). The SMILES string of the molecule is CC(C)n1cc(/C=N/Nc2ccccn2)c(-c2ccc([N+](=O)[O-])o2)n1. The maximum Gasteiger partial charge on any atom is 0.433 e. The molecule has 0 aliphatic rings. The van der Waals surface area contributed by atoms with E-state index in [0.29, 0.717) is 22.8 Å². The van der Waals surface area contributed by atoms with Gasteiger partial charge in [0.2, 0.25) is 0 Å². The molecule has 0 amide bonds. The summed E-state index contributed by atoms with van der Waals surface area (Å²) in [5.74, 6) is 0.583. The molecule has 3 heterocycles. The fourth-order valence-corrected chi connectivity index (χ4v) is 2.11. The second-order valence-corrected chi connectivity index (χ2v) is 5.49. The summed E-state index contributed by atoms with van der Waals surface area (Å²) in [6, 6.07) is 8.38. The summed E-state index contributed by atoms with van der Waals surface area (Å²) >= 11 is 0. The molecule has 0 aliphatic carbocycles. The molecule has 9 nitrogen and oxygen atoms in total. The lowest BCUT2D eigenvalue weighted by Crippen LogP contribution is -2.00. The van der Waals surface area contributed by atoms with Crippen LogP contribution in [0.2, 0.25) is 0 Å². The molecule has 0 atom stereocenters. The van der Waals surface area contributed by atoms with Gasteiger partial charge in [0.25, 0.3) is 0 Å². The summed E-state index contributed by atoms with van der Waals surface area (Å²) in [4.78, 5) is 14.3. The predicted molar refractivity (Wildman–Crippen MR) is 92.4 cm³/mol. The number of pyridine rings is 1. The Kier molecular flexibility index (Phi) is 4.55. The topological polar surface area (TPSA) is 111 Å². The zero-order valence-electron chi connectivity index (χ0n) is 13.7. The van der Waals surface area contributed by atoms with E-state index in [0.717, 1.165) is 0 Å². The average Bonchev–Trinajstić information content (AvgIpc) is 3.22. The van der Waals surface area contributed by atoms with Crippen LogP contribution in [-0.4, -0.2) is 25.9 Å². The molecule has 0 aliphatic heterocycles. The largest absolute Gasteiger partial charge is 0.433 e. The third kappa shape index (κ3) is 3.71. The number of furan rings is 1. The molecular weight excluding hydrogens is 324 g/mol. The van der Waals surface area contributed by atoms with Gasteiger partial charge in [-0.15, -0.1) is 0 Å². The smallest absolute Gasteiger partial charge is 0.399 e. The van der Waals surface area contributed by atoms with E-state index >= 15 is 0 Å². The number of nitrogens with zero attached hydrogens (tertiary/aromatic N) is 5. The van der Waals surface area contributed by atoms with Gasteiger partial charge in [-0.3, -0.25) is 20.2 Å². The van der Waals surface area contributed by atoms with Crippen molar-refractivity contribution < 1.29 is 9.34 Å². The second kappa shape index (κ2) is 6.95. The number of hydrogen-bond acceptors (Lipinski definition) is 7. The van der Waals surface area contributed by atoms with Crippen LogP contribution >= 0.6 is 0 Å². The van der Waals surface area contributed by atoms with Crippen LogP contribution in [0.5, 0.6) is 0 Å². The molecule has 9 heteroatoms. The number of hydrazone groups is 1. The van der Waals surface area contributed by atoms with E-state index in [-0.39, 0.29) is 11.9 Å². The standard InChI is InChI=1S/C16H16N6O3/c1-11(2)21-10-12(9-18-19-14-5-3-4-8-17-14)16(20-21)13-6-7-15(25-13)22(23)24/h3-11H,1-2H3,(H,17,19)/b18-9+. The Balaban J connectivity index is 1.90. The molecule has 25 heavy (non-hydrogen) atoms. The van der Waals surface area contributed by atoms with E-state index in [2.05, 4.69) is 20.6 Å². The molecule has 0 fully saturated rings. The van der Waals surface area contributed by atoms with Crippen LogP contribution in [0.25, 0.3) is 11.5 Å². The highest BCUT2D eigenvalue weighted by Gasteiger charge is 2.19. The number of anilines is 1. The lowest BCUT2D eigenvalue weighted by molar-refractivity contribution is -0.401. The fraction of sp³-hybridized carbons (Fsp3) is 0.188. The van der Waals surface area contributed by atoms with Crippen LogP contribution < -0.4 is 5.43 Å². The Morgan fingerprint density at radius 2 is 2.20 bits per heavy atom. The van der Waals surface area contributed by atoms with Crippen molar-refractivity contribution in [2.75, 3.05) is 5.43 Å². The van der Waals surface area contributed by atoms with Gasteiger partial charge in [-0.2, -0.15) is 10.2 Å². The number of rotatable bonds is 6. The lowest BCUT2D eigenvalue weighted by atomic mass is 10.2. The van der Waals surface area contributed by atoms with Gasteiger partial charge in [-0.05, 0) is 32.0 Å². The van der Waals surface area contributed by atoms with Crippen molar-refractivity contribution in [1.82, 2.24) is 14.8 Å². The number of hydrogen-bond donors (Lipinski definition) is 1. The molecule has 0 bridgehead atoms. The molecule has 3 aromatic rings. The fourth-order valence-electron chi connectivity index (χ4n) is 2.11. The first kappa shape index (κ1) is 16.4. The van der Waals surface area contributed by atoms with E-state index in [1.807, 2.05) is 26.0 Å². The van der Waals surface area contributed by atoms with Crippen molar-refractivity contribution >= 4 is 17.9 Å². The molecule has 3 aromatic heterocycles. The van der Waals surface area contributed by atoms with Crippen molar-refractivity contribution in [3.8, 4) is 11.5 Å². The summed E-state index contributed by atoms with van der Waals surface area (Å²) in [7, 11) is 0. The highest BCUT2D eigenvalue weighted by molar-refractivity contribution is 5.88. The predicted octanol–water partition coefficient (Wildman–Crippen LogP) is 3.47. The maximum atomic E-state index is 10.8. The third-order valence-corrected chi connectivity index (χ3v) is 3.34. The maximum absolute atomic E-state index is 10.8. The Labute approximate surface area is 143 Å². The van der Waals surface area contributed by atoms with Gasteiger partial charge >= 0.3 is 5.88 Å². The van der Waals surface area contributed by atoms with Crippen LogP contribution in [0.4, 0.5) is 11.7 Å². The Bertz CT molecular complexity index is 898. The van der Waals surface area contributed by atoms with Crippen molar-refractivity contribution in [2.45, 2.75) is 19.9 Å². The van der Waals surface area contributed by atoms with E-state index < -0.39 is 4.92 Å². The average molecular weight is 340 g/mol. The number of nitrogens with one attached hydrogen (secondary N) is 1. The van der Waals surface area contributed by atoms with Gasteiger partial charge in [-0.25, -0.2) is 4.98 Å². The summed E-state index contributed by atoms with van der Waals surface area (Å²) < 4.78 is 7.00. The van der Waals surface area contributed by atoms with Gasteiger partial charge in [0.05, 0.1) is 12.3 Å². The summed E-state index contributed by atoms with van der Waals surface area (Å²) in [6.07, 6.45) is 5.03. The van der Waals surface area contributed by atoms with Crippen LogP contribution in [0.3, 0.4) is 0 Å². The van der Waals surface area contributed by atoms with E-state index in [9.17, 15) is 10.1 Å². The van der Waals surface area contributed by atoms with Gasteiger partial charge in [0.1, 0.15) is 16.4 Å². The summed E-state index contributed by atoms with van der Waals surface area (Å²) in [5, 5.41) is 19.4. The van der Waals surface area contributed by atoms with E-state index in [1.54, 1.807) is 29.4 Å². The normalized spacial score (nSPS) is 11.3. The monoisotopic (exact) mass is 340 g/mol. The van der Waals surface area contributed by atoms with Gasteiger partial charge in [0, 0.05) is 24.0 Å². The van der Waals surface area contributed by atoms with Crippen LogP contribution in [-0.2, 0) is 0 Å². The zero-order chi connectivity index (χ0) is 17.8. The first-order chi connectivity index (χ1) is 12.0. The van der Waals surface area contributed by atoms with Crippen LogP contribution in [0.1, 0.15) is 25.5 Å². The molecule has 0 unspecified atom stereocenters. The van der Waals surface area contributed by atoms with E-state index in [4.69, 9.17) is 4.42 Å². The summed E-state index contributed by atoms with van der Waals surface area (Å²) in [6.45, 7) is 3.96. The lowest BCUT2D eigenvalue weighted by Gasteiger charge is -2.02. The van der Waals surface area contributed by atoms with Crippen molar-refractivity contribution in [3.63, 3.8) is 0 Å². The summed E-state index contributed by atoms with van der Waals surface area (Å²) in [5.41, 5.74) is 3.96.